The van der Waals surface area contributed by atoms with E-state index in [4.69, 9.17) is 17.0 Å². The van der Waals surface area contributed by atoms with Crippen LogP contribution >= 0.6 is 12.2 Å². The van der Waals surface area contributed by atoms with E-state index in [9.17, 15) is 0 Å². The first-order chi connectivity index (χ1) is 10.3. The Morgan fingerprint density at radius 1 is 1.38 bits per heavy atom. The lowest BCUT2D eigenvalue weighted by molar-refractivity contribution is 0.0372. The van der Waals surface area contributed by atoms with E-state index in [0.717, 1.165) is 43.5 Å². The number of hydrogen-bond acceptors (Lipinski definition) is 4. The molecule has 1 saturated carbocycles. The Balaban J connectivity index is 1.68. The molecule has 1 aliphatic heterocycles. The van der Waals surface area contributed by atoms with Crippen LogP contribution in [0.3, 0.4) is 0 Å². The summed E-state index contributed by atoms with van der Waals surface area (Å²) in [5, 5.41) is 3.54. The van der Waals surface area contributed by atoms with Gasteiger partial charge in [-0.25, -0.2) is 0 Å². The average molecular weight is 305 g/mol. The highest BCUT2D eigenvalue weighted by molar-refractivity contribution is 7.80. The zero-order valence-corrected chi connectivity index (χ0v) is 13.1. The molecule has 0 amide bonds. The van der Waals surface area contributed by atoms with Crippen LogP contribution in [0, 0.1) is 0 Å². The number of nitrogens with zero attached hydrogens (tertiary/aromatic N) is 2. The molecule has 2 fully saturated rings. The molecule has 3 rings (SSSR count). The van der Waals surface area contributed by atoms with Crippen molar-refractivity contribution in [1.29, 1.82) is 0 Å². The van der Waals surface area contributed by atoms with Gasteiger partial charge in [0.05, 0.1) is 29.8 Å². The number of ether oxygens (including phenoxy) is 1. The van der Waals surface area contributed by atoms with Crippen LogP contribution in [0.5, 0.6) is 0 Å². The van der Waals surface area contributed by atoms with Crippen LogP contribution in [-0.2, 0) is 4.74 Å². The van der Waals surface area contributed by atoms with Crippen LogP contribution in [0.25, 0.3) is 0 Å². The summed E-state index contributed by atoms with van der Waals surface area (Å²) >= 11 is 5.69. The highest BCUT2D eigenvalue weighted by Gasteiger charge is 2.26. The van der Waals surface area contributed by atoms with Crippen molar-refractivity contribution in [1.82, 2.24) is 15.2 Å². The molecule has 1 unspecified atom stereocenters. The van der Waals surface area contributed by atoms with E-state index in [1.807, 2.05) is 18.3 Å². The number of pyridine rings is 1. The minimum absolute atomic E-state index is 0.180. The summed E-state index contributed by atoms with van der Waals surface area (Å²) in [6, 6.07) is 6.66. The Hall–Kier alpha value is -1.04. The van der Waals surface area contributed by atoms with Gasteiger partial charge in [0, 0.05) is 31.9 Å². The fraction of sp³-hybridized carbons (Fsp3) is 0.625. The molecule has 1 aromatic heterocycles. The predicted octanol–water partition coefficient (Wildman–Crippen LogP) is 1.97. The van der Waals surface area contributed by atoms with Gasteiger partial charge in [-0.1, -0.05) is 18.3 Å². The van der Waals surface area contributed by atoms with E-state index in [1.54, 1.807) is 0 Å². The topological polar surface area (TPSA) is 37.4 Å². The van der Waals surface area contributed by atoms with Crippen molar-refractivity contribution < 1.29 is 4.74 Å². The summed E-state index contributed by atoms with van der Waals surface area (Å²) in [7, 11) is 0. The molecule has 21 heavy (non-hydrogen) atoms. The smallest absolute Gasteiger partial charge is 0.0860 e. The summed E-state index contributed by atoms with van der Waals surface area (Å²) in [6.45, 7) is 4.53. The van der Waals surface area contributed by atoms with E-state index in [1.165, 1.54) is 19.3 Å². The van der Waals surface area contributed by atoms with Gasteiger partial charge in [0.2, 0.25) is 0 Å². The highest BCUT2D eigenvalue weighted by Crippen LogP contribution is 2.22. The van der Waals surface area contributed by atoms with Gasteiger partial charge in [0.25, 0.3) is 0 Å². The van der Waals surface area contributed by atoms with Gasteiger partial charge in [-0.3, -0.25) is 9.88 Å². The van der Waals surface area contributed by atoms with Gasteiger partial charge in [-0.2, -0.15) is 0 Å². The van der Waals surface area contributed by atoms with Crippen molar-refractivity contribution in [2.24, 2.45) is 0 Å². The first-order valence-electron chi connectivity index (χ1n) is 7.84. The fourth-order valence-corrected chi connectivity index (χ4v) is 3.15. The largest absolute Gasteiger partial charge is 0.379 e. The maximum absolute atomic E-state index is 5.69. The Morgan fingerprint density at radius 2 is 2.19 bits per heavy atom. The molecule has 2 aliphatic rings. The maximum atomic E-state index is 5.69. The number of hydrogen-bond donors (Lipinski definition) is 1. The van der Waals surface area contributed by atoms with Crippen molar-refractivity contribution in [3.63, 3.8) is 0 Å². The number of aromatic nitrogens is 1. The molecule has 1 aromatic rings. The quantitative estimate of drug-likeness (QED) is 0.842. The van der Waals surface area contributed by atoms with Gasteiger partial charge in [0.1, 0.15) is 0 Å². The van der Waals surface area contributed by atoms with Crippen molar-refractivity contribution in [3.8, 4) is 0 Å². The maximum Gasteiger partial charge on any atom is 0.0860 e. The predicted molar refractivity (Wildman–Crippen MR) is 87.6 cm³/mol. The SMILES string of the molecule is S=C(NC1CCC1)C(CN1CCOCC1)c1ccccn1. The molecule has 5 heteroatoms. The second-order valence-electron chi connectivity index (χ2n) is 5.86. The van der Waals surface area contributed by atoms with Crippen LogP contribution in [0.4, 0.5) is 0 Å². The zero-order valence-electron chi connectivity index (χ0n) is 12.3. The Kier molecular flexibility index (Phi) is 5.17. The van der Waals surface area contributed by atoms with Crippen LogP contribution in [0.1, 0.15) is 30.9 Å². The van der Waals surface area contributed by atoms with Gasteiger partial charge in [0.15, 0.2) is 0 Å². The van der Waals surface area contributed by atoms with Gasteiger partial charge in [-0.15, -0.1) is 0 Å². The molecule has 1 N–H and O–H groups in total. The van der Waals surface area contributed by atoms with Crippen LogP contribution in [0.15, 0.2) is 24.4 Å². The molecule has 114 valence electrons. The third kappa shape index (κ3) is 3.99. The molecule has 0 radical (unpaired) electrons. The lowest BCUT2D eigenvalue weighted by Gasteiger charge is -2.33. The van der Waals surface area contributed by atoms with E-state index in [2.05, 4.69) is 21.3 Å². The number of thiocarbonyl (C=S) groups is 1. The molecule has 2 heterocycles. The number of rotatable bonds is 5. The molecule has 0 aromatic carbocycles. The van der Waals surface area contributed by atoms with Gasteiger partial charge in [-0.05, 0) is 31.4 Å². The molecule has 1 aliphatic carbocycles. The Morgan fingerprint density at radius 3 is 2.81 bits per heavy atom. The summed E-state index contributed by atoms with van der Waals surface area (Å²) in [6.07, 6.45) is 5.66. The number of nitrogens with one attached hydrogen (secondary N) is 1. The molecule has 0 bridgehead atoms. The second-order valence-corrected chi connectivity index (χ2v) is 6.30. The summed E-state index contributed by atoms with van der Waals surface area (Å²) < 4.78 is 5.43. The Labute approximate surface area is 131 Å². The first-order valence-corrected chi connectivity index (χ1v) is 8.25. The summed E-state index contributed by atoms with van der Waals surface area (Å²) in [4.78, 5) is 7.91. The summed E-state index contributed by atoms with van der Waals surface area (Å²) in [5.74, 6) is 0.180. The monoisotopic (exact) mass is 305 g/mol. The van der Waals surface area contributed by atoms with Crippen molar-refractivity contribution in [2.75, 3.05) is 32.8 Å². The Bertz CT molecular complexity index is 458. The number of morpholine rings is 1. The molecule has 1 saturated heterocycles. The molecule has 1 atom stereocenters. The minimum Gasteiger partial charge on any atom is -0.379 e. The molecule has 4 nitrogen and oxygen atoms in total. The van der Waals surface area contributed by atoms with E-state index < -0.39 is 0 Å². The molecular weight excluding hydrogens is 282 g/mol. The van der Waals surface area contributed by atoms with Crippen LogP contribution in [0.2, 0.25) is 0 Å². The molecular formula is C16H23N3OS. The average Bonchev–Trinajstić information content (AvgIpc) is 2.50. The van der Waals surface area contributed by atoms with E-state index >= 15 is 0 Å². The minimum atomic E-state index is 0.180. The fourth-order valence-electron chi connectivity index (χ4n) is 2.79. The van der Waals surface area contributed by atoms with Gasteiger partial charge < -0.3 is 10.1 Å². The molecule has 0 spiro atoms. The summed E-state index contributed by atoms with van der Waals surface area (Å²) in [5.41, 5.74) is 1.07. The zero-order chi connectivity index (χ0) is 14.5. The highest BCUT2D eigenvalue weighted by atomic mass is 32.1. The lowest BCUT2D eigenvalue weighted by atomic mass is 9.92. The van der Waals surface area contributed by atoms with Crippen LogP contribution < -0.4 is 5.32 Å². The van der Waals surface area contributed by atoms with E-state index in [-0.39, 0.29) is 5.92 Å². The second kappa shape index (κ2) is 7.29. The van der Waals surface area contributed by atoms with Crippen molar-refractivity contribution in [2.45, 2.75) is 31.2 Å². The van der Waals surface area contributed by atoms with Gasteiger partial charge >= 0.3 is 0 Å². The first kappa shape index (κ1) is 14.9. The third-order valence-electron chi connectivity index (χ3n) is 4.36. The standard InChI is InChI=1S/C16H23N3OS/c21-16(18-13-4-3-5-13)14(15-6-1-2-7-17-15)12-19-8-10-20-11-9-19/h1-2,6-7,13-14H,3-5,8-12H2,(H,18,21). The van der Waals surface area contributed by atoms with E-state index in [0.29, 0.717) is 6.04 Å². The van der Waals surface area contributed by atoms with Crippen molar-refractivity contribution >= 4 is 17.2 Å². The normalized spacial score (nSPS) is 21.5. The third-order valence-corrected chi connectivity index (χ3v) is 4.76. The lowest BCUT2D eigenvalue weighted by Crippen LogP contribution is -2.46. The van der Waals surface area contributed by atoms with Crippen LogP contribution in [-0.4, -0.2) is 53.8 Å². The van der Waals surface area contributed by atoms with Crippen molar-refractivity contribution in [3.05, 3.63) is 30.1 Å².